The molecule has 1 aliphatic heterocycles. The molecule has 3 heterocycles. The van der Waals surface area contributed by atoms with Crippen molar-refractivity contribution < 1.29 is 9.72 Å². The van der Waals surface area contributed by atoms with E-state index in [-0.39, 0.29) is 22.6 Å². The second kappa shape index (κ2) is 6.17. The van der Waals surface area contributed by atoms with Gasteiger partial charge in [0.25, 0.3) is 11.6 Å². The van der Waals surface area contributed by atoms with Gasteiger partial charge < -0.3 is 4.90 Å². The van der Waals surface area contributed by atoms with Gasteiger partial charge in [-0.3, -0.25) is 14.9 Å². The Labute approximate surface area is 156 Å². The van der Waals surface area contributed by atoms with Crippen molar-refractivity contribution in [2.75, 3.05) is 6.54 Å². The van der Waals surface area contributed by atoms with E-state index in [1.807, 2.05) is 13.0 Å². The molecule has 0 N–H and O–H groups in total. The molecule has 1 amide bonds. The first kappa shape index (κ1) is 16.6. The van der Waals surface area contributed by atoms with Crippen LogP contribution >= 0.6 is 15.9 Å². The molecule has 0 spiro atoms. The van der Waals surface area contributed by atoms with Crippen molar-refractivity contribution in [3.8, 4) is 0 Å². The topological polar surface area (TPSA) is 93.6 Å². The maximum absolute atomic E-state index is 13.0. The number of nitro groups is 1. The number of fused-ring (bicyclic) bond motifs is 2. The van der Waals surface area contributed by atoms with E-state index in [2.05, 4.69) is 26.0 Å². The van der Waals surface area contributed by atoms with Gasteiger partial charge in [-0.2, -0.15) is 5.10 Å². The molecule has 1 aromatic carbocycles. The number of carbonyl (C=O) groups excluding carboxylic acids is 1. The Morgan fingerprint density at radius 1 is 1.42 bits per heavy atom. The van der Waals surface area contributed by atoms with Crippen molar-refractivity contribution in [1.82, 2.24) is 19.5 Å². The summed E-state index contributed by atoms with van der Waals surface area (Å²) in [5, 5.41) is 15.6. The molecule has 0 saturated heterocycles. The van der Waals surface area contributed by atoms with Gasteiger partial charge in [0.2, 0.25) is 0 Å². The highest BCUT2D eigenvalue weighted by molar-refractivity contribution is 9.10. The van der Waals surface area contributed by atoms with Crippen LogP contribution in [-0.2, 0) is 6.42 Å². The van der Waals surface area contributed by atoms with Gasteiger partial charge in [-0.1, -0.05) is 12.1 Å². The molecule has 0 fully saturated rings. The Hall–Kier alpha value is -2.81. The minimum absolute atomic E-state index is 0.114. The highest BCUT2D eigenvalue weighted by atomic mass is 79.9. The third-order valence-corrected chi connectivity index (χ3v) is 5.08. The number of benzene rings is 1. The monoisotopic (exact) mass is 415 g/mol. The molecule has 132 valence electrons. The van der Waals surface area contributed by atoms with Crippen molar-refractivity contribution in [2.24, 2.45) is 0 Å². The van der Waals surface area contributed by atoms with E-state index >= 15 is 0 Å². The second-order valence-corrected chi connectivity index (χ2v) is 7.05. The van der Waals surface area contributed by atoms with Crippen molar-refractivity contribution in [3.63, 3.8) is 0 Å². The first-order valence-electron chi connectivity index (χ1n) is 8.04. The summed E-state index contributed by atoms with van der Waals surface area (Å²) >= 11 is 3.33. The lowest BCUT2D eigenvalue weighted by Crippen LogP contribution is -2.39. The SMILES string of the molecule is CC1c2cccc([N+](=O)[O-])c2CCN1C(=O)c1cc2ncc(Br)cn2n1. The van der Waals surface area contributed by atoms with Gasteiger partial charge >= 0.3 is 0 Å². The van der Waals surface area contributed by atoms with Crippen LogP contribution in [-0.4, -0.2) is 36.9 Å². The van der Waals surface area contributed by atoms with Crippen LogP contribution < -0.4 is 0 Å². The molecule has 0 saturated carbocycles. The van der Waals surface area contributed by atoms with E-state index in [1.165, 1.54) is 6.07 Å². The van der Waals surface area contributed by atoms with Crippen molar-refractivity contribution in [3.05, 3.63) is 68.1 Å². The predicted octanol–water partition coefficient (Wildman–Crippen LogP) is 3.16. The molecule has 1 atom stereocenters. The number of amides is 1. The lowest BCUT2D eigenvalue weighted by atomic mass is 9.92. The molecule has 1 unspecified atom stereocenters. The van der Waals surface area contributed by atoms with E-state index in [0.29, 0.717) is 29.9 Å². The smallest absolute Gasteiger partial charge is 0.274 e. The van der Waals surface area contributed by atoms with Crippen LogP contribution in [0, 0.1) is 10.1 Å². The molecule has 26 heavy (non-hydrogen) atoms. The summed E-state index contributed by atoms with van der Waals surface area (Å²) in [6.07, 6.45) is 3.82. The number of nitrogens with zero attached hydrogens (tertiary/aromatic N) is 5. The van der Waals surface area contributed by atoms with Gasteiger partial charge in [0.15, 0.2) is 11.3 Å². The number of carbonyl (C=O) groups is 1. The van der Waals surface area contributed by atoms with Gasteiger partial charge in [-0.25, -0.2) is 9.50 Å². The molecule has 4 rings (SSSR count). The molecule has 0 aliphatic carbocycles. The Morgan fingerprint density at radius 3 is 3.00 bits per heavy atom. The number of halogens is 1. The van der Waals surface area contributed by atoms with Crippen LogP contribution in [0.15, 0.2) is 41.1 Å². The normalized spacial score (nSPS) is 16.5. The van der Waals surface area contributed by atoms with Crippen molar-refractivity contribution >= 4 is 33.2 Å². The van der Waals surface area contributed by atoms with E-state index in [1.54, 1.807) is 33.9 Å². The Balaban J connectivity index is 1.69. The Morgan fingerprint density at radius 2 is 2.23 bits per heavy atom. The highest BCUT2D eigenvalue weighted by Crippen LogP contribution is 2.35. The standard InChI is InChI=1S/C17H14BrN5O3/c1-10-12-3-2-4-15(23(25)26)13(12)5-6-21(10)17(24)14-7-16-19-8-11(18)9-22(16)20-14/h2-4,7-10H,5-6H2,1H3. The van der Waals surface area contributed by atoms with Gasteiger partial charge in [-0.05, 0) is 34.8 Å². The molecule has 8 nitrogen and oxygen atoms in total. The van der Waals surface area contributed by atoms with Crippen molar-refractivity contribution in [1.29, 1.82) is 0 Å². The minimum Gasteiger partial charge on any atom is -0.330 e. The summed E-state index contributed by atoms with van der Waals surface area (Å²) in [6, 6.07) is 6.39. The zero-order valence-corrected chi connectivity index (χ0v) is 15.4. The fraction of sp³-hybridized carbons (Fsp3) is 0.235. The third-order valence-electron chi connectivity index (χ3n) is 4.67. The van der Waals surface area contributed by atoms with E-state index in [4.69, 9.17) is 0 Å². The van der Waals surface area contributed by atoms with Crippen LogP contribution in [0.5, 0.6) is 0 Å². The Kier molecular flexibility index (Phi) is 3.95. The summed E-state index contributed by atoms with van der Waals surface area (Å²) in [4.78, 5) is 29.8. The van der Waals surface area contributed by atoms with E-state index < -0.39 is 0 Å². The van der Waals surface area contributed by atoms with Gasteiger partial charge in [0.05, 0.1) is 15.4 Å². The molecular weight excluding hydrogens is 402 g/mol. The molecule has 1 aliphatic rings. The highest BCUT2D eigenvalue weighted by Gasteiger charge is 2.33. The number of nitro benzene ring substituents is 1. The zero-order chi connectivity index (χ0) is 18.4. The van der Waals surface area contributed by atoms with E-state index in [9.17, 15) is 14.9 Å². The summed E-state index contributed by atoms with van der Waals surface area (Å²) in [5.74, 6) is -0.212. The zero-order valence-electron chi connectivity index (χ0n) is 13.8. The Bertz CT molecular complexity index is 1050. The van der Waals surface area contributed by atoms with Gasteiger partial charge in [-0.15, -0.1) is 0 Å². The molecule has 9 heteroatoms. The average molecular weight is 416 g/mol. The molecule has 3 aromatic rings. The fourth-order valence-electron chi connectivity index (χ4n) is 3.40. The maximum atomic E-state index is 13.0. The number of hydrogen-bond acceptors (Lipinski definition) is 5. The van der Waals surface area contributed by atoms with Crippen LogP contribution in [0.4, 0.5) is 5.69 Å². The van der Waals surface area contributed by atoms with Crippen LogP contribution in [0.25, 0.3) is 5.65 Å². The van der Waals surface area contributed by atoms with E-state index in [0.717, 1.165) is 10.0 Å². The molecule has 0 bridgehead atoms. The molecular formula is C17H14BrN5O3. The summed E-state index contributed by atoms with van der Waals surface area (Å²) in [6.45, 7) is 2.28. The first-order chi connectivity index (χ1) is 12.5. The quantitative estimate of drug-likeness (QED) is 0.473. The first-order valence-corrected chi connectivity index (χ1v) is 8.83. The van der Waals surface area contributed by atoms with Gasteiger partial charge in [0.1, 0.15) is 0 Å². The van der Waals surface area contributed by atoms with Crippen LogP contribution in [0.3, 0.4) is 0 Å². The predicted molar refractivity (Wildman–Crippen MR) is 96.9 cm³/mol. The minimum atomic E-state index is -0.366. The number of rotatable bonds is 2. The fourth-order valence-corrected chi connectivity index (χ4v) is 3.70. The summed E-state index contributed by atoms with van der Waals surface area (Å²) < 4.78 is 2.31. The van der Waals surface area contributed by atoms with Crippen molar-refractivity contribution in [2.45, 2.75) is 19.4 Å². The summed E-state index contributed by atoms with van der Waals surface area (Å²) in [7, 11) is 0. The number of aromatic nitrogens is 3. The van der Waals surface area contributed by atoms with Crippen LogP contribution in [0.2, 0.25) is 0 Å². The van der Waals surface area contributed by atoms with Gasteiger partial charge in [0, 0.05) is 36.6 Å². The molecule has 2 aromatic heterocycles. The number of hydrogen-bond donors (Lipinski definition) is 0. The third kappa shape index (κ3) is 2.64. The lowest BCUT2D eigenvalue weighted by molar-refractivity contribution is -0.385. The largest absolute Gasteiger partial charge is 0.330 e. The lowest BCUT2D eigenvalue weighted by Gasteiger charge is -2.34. The average Bonchev–Trinajstić information content (AvgIpc) is 3.04. The van der Waals surface area contributed by atoms with Crippen LogP contribution in [0.1, 0.15) is 34.6 Å². The summed E-state index contributed by atoms with van der Waals surface area (Å²) in [5.41, 5.74) is 2.51. The second-order valence-electron chi connectivity index (χ2n) is 6.13. The maximum Gasteiger partial charge on any atom is 0.274 e. The molecule has 0 radical (unpaired) electrons.